The first-order valence-corrected chi connectivity index (χ1v) is 7.30. The van der Waals surface area contributed by atoms with Gasteiger partial charge < -0.3 is 9.79 Å². The van der Waals surface area contributed by atoms with Gasteiger partial charge in [0.1, 0.15) is 11.9 Å². The average molecular weight is 232 g/mol. The lowest BCUT2D eigenvalue weighted by Crippen LogP contribution is -2.17. The summed E-state index contributed by atoms with van der Waals surface area (Å²) in [6, 6.07) is 0. The molecule has 5 heteroatoms. The second kappa shape index (κ2) is 4.00. The molecular weight excluding hydrogens is 215 g/mol. The molecule has 0 spiro atoms. The Morgan fingerprint density at radius 1 is 1.27 bits per heavy atom. The number of rotatable bonds is 4. The molecule has 3 atom stereocenters. The SMILES string of the molecule is O=C(CC1CC2CCC1C2)CP(=O)(O)O. The highest BCUT2D eigenvalue weighted by molar-refractivity contribution is 7.52. The van der Waals surface area contributed by atoms with Gasteiger partial charge in [0.2, 0.25) is 0 Å². The van der Waals surface area contributed by atoms with Crippen molar-refractivity contribution in [3.63, 3.8) is 0 Å². The van der Waals surface area contributed by atoms with Crippen molar-refractivity contribution in [2.45, 2.75) is 32.1 Å². The van der Waals surface area contributed by atoms with Gasteiger partial charge >= 0.3 is 7.60 Å². The Morgan fingerprint density at radius 2 is 2.00 bits per heavy atom. The fourth-order valence-corrected chi connectivity index (χ4v) is 3.80. The fraction of sp³-hybridized carbons (Fsp3) is 0.900. The summed E-state index contributed by atoms with van der Waals surface area (Å²) in [7, 11) is -4.15. The van der Waals surface area contributed by atoms with Crippen LogP contribution in [-0.4, -0.2) is 21.7 Å². The van der Waals surface area contributed by atoms with Gasteiger partial charge in [-0.3, -0.25) is 9.36 Å². The number of hydrogen-bond donors (Lipinski definition) is 2. The maximum Gasteiger partial charge on any atom is 0.332 e. The second-order valence-electron chi connectivity index (χ2n) is 5.00. The first-order chi connectivity index (χ1) is 6.94. The van der Waals surface area contributed by atoms with Crippen molar-refractivity contribution in [2.24, 2.45) is 17.8 Å². The summed E-state index contributed by atoms with van der Waals surface area (Å²) in [5.74, 6) is 1.57. The van der Waals surface area contributed by atoms with Crippen LogP contribution in [0, 0.1) is 17.8 Å². The van der Waals surface area contributed by atoms with E-state index in [9.17, 15) is 9.36 Å². The number of Topliss-reactive ketones (excluding diaryl/α,β-unsaturated/α-hetero) is 1. The van der Waals surface area contributed by atoms with Crippen molar-refractivity contribution in [2.75, 3.05) is 6.16 Å². The van der Waals surface area contributed by atoms with Gasteiger partial charge in [-0.1, -0.05) is 6.42 Å². The molecule has 2 bridgehead atoms. The molecule has 2 rings (SSSR count). The molecule has 0 aliphatic heterocycles. The van der Waals surface area contributed by atoms with Crippen LogP contribution in [0.2, 0.25) is 0 Å². The van der Waals surface area contributed by atoms with Crippen LogP contribution in [0.4, 0.5) is 0 Å². The van der Waals surface area contributed by atoms with E-state index in [1.807, 2.05) is 0 Å². The lowest BCUT2D eigenvalue weighted by Gasteiger charge is -2.20. The van der Waals surface area contributed by atoms with Crippen molar-refractivity contribution in [3.05, 3.63) is 0 Å². The van der Waals surface area contributed by atoms with Crippen molar-refractivity contribution in [3.8, 4) is 0 Å². The van der Waals surface area contributed by atoms with Crippen molar-refractivity contribution in [1.29, 1.82) is 0 Å². The molecule has 0 amide bonds. The van der Waals surface area contributed by atoms with Crippen LogP contribution in [0.25, 0.3) is 0 Å². The minimum Gasteiger partial charge on any atom is -0.324 e. The smallest absolute Gasteiger partial charge is 0.324 e. The molecule has 4 nitrogen and oxygen atoms in total. The average Bonchev–Trinajstić information content (AvgIpc) is 2.60. The fourth-order valence-electron chi connectivity index (χ4n) is 3.21. The number of ketones is 1. The molecule has 0 aromatic heterocycles. The zero-order valence-electron chi connectivity index (χ0n) is 8.63. The zero-order valence-corrected chi connectivity index (χ0v) is 9.53. The van der Waals surface area contributed by atoms with Crippen LogP contribution in [-0.2, 0) is 9.36 Å². The van der Waals surface area contributed by atoms with E-state index in [-0.39, 0.29) is 5.78 Å². The molecular formula is C10H17O4P. The van der Waals surface area contributed by atoms with Crippen LogP contribution in [0.1, 0.15) is 32.1 Å². The van der Waals surface area contributed by atoms with Crippen LogP contribution < -0.4 is 0 Å². The topological polar surface area (TPSA) is 74.6 Å². The predicted molar refractivity (Wildman–Crippen MR) is 55.5 cm³/mol. The quantitative estimate of drug-likeness (QED) is 0.721. The van der Waals surface area contributed by atoms with Crippen LogP contribution in [0.3, 0.4) is 0 Å². The normalized spacial score (nSPS) is 34.7. The first-order valence-electron chi connectivity index (χ1n) is 5.50. The van der Waals surface area contributed by atoms with Gasteiger partial charge in [0.15, 0.2) is 0 Å². The Hall–Kier alpha value is -0.180. The molecule has 0 heterocycles. The zero-order chi connectivity index (χ0) is 11.1. The lowest BCUT2D eigenvalue weighted by atomic mass is 9.85. The van der Waals surface area contributed by atoms with E-state index in [2.05, 4.69) is 0 Å². The number of hydrogen-bond acceptors (Lipinski definition) is 2. The number of carbonyl (C=O) groups excluding carboxylic acids is 1. The molecule has 15 heavy (non-hydrogen) atoms. The van der Waals surface area contributed by atoms with Gasteiger partial charge in [0.25, 0.3) is 0 Å². The third kappa shape index (κ3) is 2.90. The van der Waals surface area contributed by atoms with E-state index in [4.69, 9.17) is 9.79 Å². The summed E-state index contributed by atoms with van der Waals surface area (Å²) >= 11 is 0. The van der Waals surface area contributed by atoms with E-state index in [0.717, 1.165) is 12.3 Å². The van der Waals surface area contributed by atoms with E-state index in [1.54, 1.807) is 0 Å². The molecule has 3 unspecified atom stereocenters. The monoisotopic (exact) mass is 232 g/mol. The first kappa shape index (κ1) is 11.3. The molecule has 0 aromatic rings. The van der Waals surface area contributed by atoms with E-state index in [1.165, 1.54) is 19.3 Å². The predicted octanol–water partition coefficient (Wildman–Crippen LogP) is 1.56. The molecule has 2 N–H and O–H groups in total. The molecule has 2 aliphatic rings. The Morgan fingerprint density at radius 3 is 2.47 bits per heavy atom. The van der Waals surface area contributed by atoms with Gasteiger partial charge in [-0.25, -0.2) is 0 Å². The van der Waals surface area contributed by atoms with Crippen molar-refractivity contribution in [1.82, 2.24) is 0 Å². The Kier molecular flexibility index (Phi) is 3.02. The Labute approximate surface area is 89.2 Å². The van der Waals surface area contributed by atoms with Crippen molar-refractivity contribution >= 4 is 13.4 Å². The molecule has 2 saturated carbocycles. The van der Waals surface area contributed by atoms with Gasteiger partial charge in [0, 0.05) is 6.42 Å². The summed E-state index contributed by atoms with van der Waals surface area (Å²) in [6.45, 7) is 0. The Balaban J connectivity index is 1.83. The summed E-state index contributed by atoms with van der Waals surface area (Å²) in [4.78, 5) is 28.8. The second-order valence-corrected chi connectivity index (χ2v) is 6.65. The minimum atomic E-state index is -4.15. The summed E-state index contributed by atoms with van der Waals surface area (Å²) in [5.41, 5.74) is 0. The summed E-state index contributed by atoms with van der Waals surface area (Å²) < 4.78 is 10.6. The molecule has 86 valence electrons. The Bertz CT molecular complexity index is 309. The van der Waals surface area contributed by atoms with Crippen LogP contribution >= 0.6 is 7.60 Å². The highest BCUT2D eigenvalue weighted by atomic mass is 31.2. The molecule has 2 fully saturated rings. The highest BCUT2D eigenvalue weighted by Gasteiger charge is 2.40. The lowest BCUT2D eigenvalue weighted by molar-refractivity contribution is -0.118. The minimum absolute atomic E-state index is 0.263. The number of fused-ring (bicyclic) bond motifs is 2. The van der Waals surface area contributed by atoms with Gasteiger partial charge in [0.05, 0.1) is 0 Å². The molecule has 0 aromatic carbocycles. The maximum atomic E-state index is 11.4. The van der Waals surface area contributed by atoms with Crippen LogP contribution in [0.5, 0.6) is 0 Å². The molecule has 0 saturated heterocycles. The number of carbonyl (C=O) groups is 1. The van der Waals surface area contributed by atoms with E-state index in [0.29, 0.717) is 18.3 Å². The van der Waals surface area contributed by atoms with Gasteiger partial charge in [-0.2, -0.15) is 0 Å². The standard InChI is InChI=1S/C10H17O4P/c11-10(6-15(12,13)14)5-9-4-7-1-2-8(9)3-7/h7-9H,1-6H2,(H2,12,13,14). The van der Waals surface area contributed by atoms with Gasteiger partial charge in [-0.05, 0) is 37.0 Å². The summed E-state index contributed by atoms with van der Waals surface area (Å²) in [5, 5.41) is 0. The maximum absolute atomic E-state index is 11.4. The third-order valence-electron chi connectivity index (χ3n) is 3.76. The molecule has 0 radical (unpaired) electrons. The third-order valence-corrected chi connectivity index (χ3v) is 4.52. The van der Waals surface area contributed by atoms with Gasteiger partial charge in [-0.15, -0.1) is 0 Å². The van der Waals surface area contributed by atoms with Crippen molar-refractivity contribution < 1.29 is 19.1 Å². The highest BCUT2D eigenvalue weighted by Crippen LogP contribution is 2.50. The van der Waals surface area contributed by atoms with E-state index >= 15 is 0 Å². The molecule has 2 aliphatic carbocycles. The summed E-state index contributed by atoms with van der Waals surface area (Å²) in [6.07, 6.45) is 4.63. The van der Waals surface area contributed by atoms with E-state index < -0.39 is 13.8 Å². The largest absolute Gasteiger partial charge is 0.332 e. The van der Waals surface area contributed by atoms with Crippen LogP contribution in [0.15, 0.2) is 0 Å².